The van der Waals surface area contributed by atoms with Crippen molar-refractivity contribution in [2.45, 2.75) is 32.7 Å². The van der Waals surface area contributed by atoms with Crippen LogP contribution in [0.4, 0.5) is 10.5 Å². The Kier molecular flexibility index (Phi) is 5.17. The van der Waals surface area contributed by atoms with Crippen molar-refractivity contribution in [1.29, 1.82) is 0 Å². The number of nitrogens with one attached hydrogen (secondary N) is 2. The molecule has 5 nitrogen and oxygen atoms in total. The summed E-state index contributed by atoms with van der Waals surface area (Å²) in [5.74, 6) is -0.828. The Bertz CT molecular complexity index is 430. The molecule has 0 bridgehead atoms. The molecule has 0 atom stereocenters. The molecule has 0 radical (unpaired) electrons. The minimum Gasteiger partial charge on any atom is -0.481 e. The largest absolute Gasteiger partial charge is 0.481 e. The summed E-state index contributed by atoms with van der Waals surface area (Å²) in [5, 5.41) is 14.0. The highest BCUT2D eigenvalue weighted by molar-refractivity contribution is 5.89. The summed E-state index contributed by atoms with van der Waals surface area (Å²) >= 11 is 0. The quantitative estimate of drug-likeness (QED) is 0.749. The lowest BCUT2D eigenvalue weighted by atomic mass is 10.1. The van der Waals surface area contributed by atoms with E-state index in [4.69, 9.17) is 5.11 Å². The molecule has 1 aromatic rings. The van der Waals surface area contributed by atoms with Crippen LogP contribution >= 0.6 is 0 Å². The van der Waals surface area contributed by atoms with Crippen molar-refractivity contribution in [2.24, 2.45) is 0 Å². The van der Waals surface area contributed by atoms with Crippen LogP contribution in [0.15, 0.2) is 24.3 Å². The van der Waals surface area contributed by atoms with Crippen LogP contribution in [-0.2, 0) is 11.2 Å². The zero-order chi connectivity index (χ0) is 13.5. The third kappa shape index (κ3) is 5.34. The van der Waals surface area contributed by atoms with Crippen molar-refractivity contribution < 1.29 is 14.7 Å². The number of hydrogen-bond donors (Lipinski definition) is 3. The van der Waals surface area contributed by atoms with Gasteiger partial charge in [0.05, 0.1) is 0 Å². The van der Waals surface area contributed by atoms with E-state index in [1.807, 2.05) is 19.9 Å². The van der Waals surface area contributed by atoms with Gasteiger partial charge in [0, 0.05) is 18.2 Å². The Morgan fingerprint density at radius 1 is 1.33 bits per heavy atom. The van der Waals surface area contributed by atoms with Gasteiger partial charge in [-0.15, -0.1) is 0 Å². The third-order valence-corrected chi connectivity index (χ3v) is 2.23. The van der Waals surface area contributed by atoms with E-state index in [0.29, 0.717) is 12.1 Å². The number of carboxylic acids is 1. The highest BCUT2D eigenvalue weighted by Crippen LogP contribution is 2.12. The van der Waals surface area contributed by atoms with Gasteiger partial charge in [-0.2, -0.15) is 0 Å². The maximum Gasteiger partial charge on any atom is 0.319 e. The molecule has 0 unspecified atom stereocenters. The van der Waals surface area contributed by atoms with Crippen LogP contribution in [0.3, 0.4) is 0 Å². The fraction of sp³-hybridized carbons (Fsp3) is 0.385. The first-order valence-corrected chi connectivity index (χ1v) is 5.85. The number of anilines is 1. The third-order valence-electron chi connectivity index (χ3n) is 2.23. The number of benzene rings is 1. The van der Waals surface area contributed by atoms with Gasteiger partial charge in [0.2, 0.25) is 0 Å². The lowest BCUT2D eigenvalue weighted by Crippen LogP contribution is -2.34. The van der Waals surface area contributed by atoms with Crippen molar-refractivity contribution in [3.63, 3.8) is 0 Å². The molecule has 3 N–H and O–H groups in total. The maximum absolute atomic E-state index is 11.5. The maximum atomic E-state index is 11.5. The monoisotopic (exact) mass is 250 g/mol. The molecule has 0 aliphatic heterocycles. The minimum absolute atomic E-state index is 0.0696. The molecular weight excluding hydrogens is 232 g/mol. The Morgan fingerprint density at radius 2 is 2.06 bits per heavy atom. The second-order valence-electron chi connectivity index (χ2n) is 4.35. The minimum atomic E-state index is -0.828. The molecule has 98 valence electrons. The van der Waals surface area contributed by atoms with Gasteiger partial charge in [0.25, 0.3) is 0 Å². The molecule has 1 rings (SSSR count). The molecule has 0 aliphatic carbocycles. The number of aryl methyl sites for hydroxylation is 1. The van der Waals surface area contributed by atoms with Crippen LogP contribution in [0.5, 0.6) is 0 Å². The van der Waals surface area contributed by atoms with Crippen LogP contribution in [0.2, 0.25) is 0 Å². The summed E-state index contributed by atoms with van der Waals surface area (Å²) in [7, 11) is 0. The zero-order valence-corrected chi connectivity index (χ0v) is 10.6. The van der Waals surface area contributed by atoms with Gasteiger partial charge in [-0.05, 0) is 38.0 Å². The van der Waals surface area contributed by atoms with Crippen molar-refractivity contribution in [3.8, 4) is 0 Å². The van der Waals surface area contributed by atoms with Gasteiger partial charge in [0.1, 0.15) is 0 Å². The molecule has 0 saturated carbocycles. The summed E-state index contributed by atoms with van der Waals surface area (Å²) in [4.78, 5) is 22.0. The van der Waals surface area contributed by atoms with E-state index in [1.165, 1.54) is 0 Å². The topological polar surface area (TPSA) is 78.4 Å². The number of amides is 2. The first kappa shape index (κ1) is 14.0. The highest BCUT2D eigenvalue weighted by atomic mass is 16.4. The van der Waals surface area contributed by atoms with Crippen molar-refractivity contribution >= 4 is 17.7 Å². The van der Waals surface area contributed by atoms with Crippen LogP contribution in [0.25, 0.3) is 0 Å². The van der Waals surface area contributed by atoms with E-state index >= 15 is 0 Å². The standard InChI is InChI=1S/C13H18N2O3/c1-9(2)14-13(18)15-11-5-3-4-10(8-11)6-7-12(16)17/h3-5,8-9H,6-7H2,1-2H3,(H,16,17)(H2,14,15,18). The summed E-state index contributed by atoms with van der Waals surface area (Å²) in [6, 6.07) is 6.99. The van der Waals surface area contributed by atoms with Crippen molar-refractivity contribution in [1.82, 2.24) is 5.32 Å². The van der Waals surface area contributed by atoms with Gasteiger partial charge >= 0.3 is 12.0 Å². The number of urea groups is 1. The molecule has 0 spiro atoms. The SMILES string of the molecule is CC(C)NC(=O)Nc1cccc(CCC(=O)O)c1. The summed E-state index contributed by atoms with van der Waals surface area (Å²) < 4.78 is 0. The molecule has 0 saturated heterocycles. The van der Waals surface area contributed by atoms with Crippen LogP contribution in [0.1, 0.15) is 25.8 Å². The summed E-state index contributed by atoms with van der Waals surface area (Å²) in [5.41, 5.74) is 1.55. The molecular formula is C13H18N2O3. The lowest BCUT2D eigenvalue weighted by molar-refractivity contribution is -0.136. The highest BCUT2D eigenvalue weighted by Gasteiger charge is 2.04. The second-order valence-corrected chi connectivity index (χ2v) is 4.35. The summed E-state index contributed by atoms with van der Waals surface area (Å²) in [6.45, 7) is 3.76. The van der Waals surface area contributed by atoms with Crippen molar-refractivity contribution in [2.75, 3.05) is 5.32 Å². The molecule has 2 amide bonds. The van der Waals surface area contributed by atoms with E-state index in [1.54, 1.807) is 18.2 Å². The average molecular weight is 250 g/mol. The fourth-order valence-electron chi connectivity index (χ4n) is 1.49. The Hall–Kier alpha value is -2.04. The van der Waals surface area contributed by atoms with Crippen LogP contribution < -0.4 is 10.6 Å². The van der Waals surface area contributed by atoms with E-state index in [0.717, 1.165) is 5.56 Å². The second kappa shape index (κ2) is 6.64. The predicted molar refractivity (Wildman–Crippen MR) is 69.7 cm³/mol. The number of rotatable bonds is 5. The van der Waals surface area contributed by atoms with Gasteiger partial charge < -0.3 is 15.7 Å². The van der Waals surface area contributed by atoms with E-state index in [-0.39, 0.29) is 18.5 Å². The first-order valence-electron chi connectivity index (χ1n) is 5.85. The molecule has 0 aliphatic rings. The molecule has 0 fully saturated rings. The molecule has 5 heteroatoms. The number of carbonyl (C=O) groups is 2. The molecule has 0 aromatic heterocycles. The first-order chi connectivity index (χ1) is 8.47. The number of aliphatic carboxylic acids is 1. The molecule has 0 heterocycles. The van der Waals surface area contributed by atoms with Gasteiger partial charge in [-0.25, -0.2) is 4.79 Å². The number of hydrogen-bond acceptors (Lipinski definition) is 2. The predicted octanol–water partition coefficient (Wildman–Crippen LogP) is 2.23. The normalized spacial score (nSPS) is 10.2. The van der Waals surface area contributed by atoms with E-state index < -0.39 is 5.97 Å². The van der Waals surface area contributed by atoms with E-state index in [9.17, 15) is 9.59 Å². The number of carboxylic acid groups (broad SMARTS) is 1. The van der Waals surface area contributed by atoms with Crippen LogP contribution in [-0.4, -0.2) is 23.1 Å². The van der Waals surface area contributed by atoms with Crippen LogP contribution in [0, 0.1) is 0 Å². The summed E-state index contributed by atoms with van der Waals surface area (Å²) in [6.07, 6.45) is 0.540. The van der Waals surface area contributed by atoms with Gasteiger partial charge in [0.15, 0.2) is 0 Å². The molecule has 18 heavy (non-hydrogen) atoms. The fourth-order valence-corrected chi connectivity index (χ4v) is 1.49. The lowest BCUT2D eigenvalue weighted by Gasteiger charge is -2.10. The van der Waals surface area contributed by atoms with E-state index in [2.05, 4.69) is 10.6 Å². The Balaban J connectivity index is 2.59. The average Bonchev–Trinajstić information content (AvgIpc) is 2.25. The van der Waals surface area contributed by atoms with Gasteiger partial charge in [-0.1, -0.05) is 12.1 Å². The molecule has 1 aromatic carbocycles. The van der Waals surface area contributed by atoms with Gasteiger partial charge in [-0.3, -0.25) is 4.79 Å². The Morgan fingerprint density at radius 3 is 2.67 bits per heavy atom. The number of carbonyl (C=O) groups excluding carboxylic acids is 1. The van der Waals surface area contributed by atoms with Crippen molar-refractivity contribution in [3.05, 3.63) is 29.8 Å². The Labute approximate surface area is 106 Å². The zero-order valence-electron chi connectivity index (χ0n) is 10.6. The smallest absolute Gasteiger partial charge is 0.319 e.